The Hall–Kier alpha value is -3.75. The summed E-state index contributed by atoms with van der Waals surface area (Å²) in [6.07, 6.45) is -0.0302. The molecule has 2 N–H and O–H groups in total. The van der Waals surface area contributed by atoms with Gasteiger partial charge in [-0.05, 0) is 19.1 Å². The molecule has 1 aliphatic heterocycles. The van der Waals surface area contributed by atoms with Crippen LogP contribution in [0.3, 0.4) is 0 Å². The highest BCUT2D eigenvalue weighted by Crippen LogP contribution is 2.37. The number of nitrogens with zero attached hydrogens (tertiary/aromatic N) is 3. The van der Waals surface area contributed by atoms with Crippen molar-refractivity contribution in [2.75, 3.05) is 10.2 Å². The van der Waals surface area contributed by atoms with Gasteiger partial charge in [-0.15, -0.1) is 0 Å². The van der Waals surface area contributed by atoms with Crippen molar-refractivity contribution in [3.8, 4) is 0 Å². The molecule has 154 valence electrons. The van der Waals surface area contributed by atoms with Gasteiger partial charge < -0.3 is 10.0 Å². The molecule has 4 rings (SSSR count). The fourth-order valence-electron chi connectivity index (χ4n) is 3.62. The summed E-state index contributed by atoms with van der Waals surface area (Å²) < 4.78 is 31.0. The Morgan fingerprint density at radius 2 is 1.77 bits per heavy atom. The number of aromatic nitrogens is 2. The summed E-state index contributed by atoms with van der Waals surface area (Å²) in [5, 5.41) is 15.2. The molecule has 1 aromatic heterocycles. The van der Waals surface area contributed by atoms with Crippen LogP contribution in [0.25, 0.3) is 0 Å². The summed E-state index contributed by atoms with van der Waals surface area (Å²) in [4.78, 5) is 25.5. The van der Waals surface area contributed by atoms with E-state index in [9.17, 15) is 18.4 Å². The first-order valence-electron chi connectivity index (χ1n) is 9.22. The number of alkyl halides is 2. The molecular weight excluding hydrogens is 394 g/mol. The third-order valence-electron chi connectivity index (χ3n) is 5.02. The number of nitrogens with one attached hydrogen (secondary N) is 1. The predicted molar refractivity (Wildman–Crippen MR) is 106 cm³/mol. The molecule has 0 bridgehead atoms. The molecule has 3 aromatic rings. The summed E-state index contributed by atoms with van der Waals surface area (Å²) >= 11 is 0. The molecule has 0 radical (unpaired) electrons. The number of amides is 2. The van der Waals surface area contributed by atoms with Crippen LogP contribution in [0.5, 0.6) is 0 Å². The molecule has 2 aromatic carbocycles. The lowest BCUT2D eigenvalue weighted by Gasteiger charge is -2.34. The zero-order valence-electron chi connectivity index (χ0n) is 15.9. The number of anilines is 2. The molecule has 0 saturated carbocycles. The SMILES string of the molecule is C[C@H]1Cn2ncc(NC(=O)O)c2C(=O)N1c1ccc(C(F)(F)c2ccccc2)cc1. The van der Waals surface area contributed by atoms with Crippen molar-refractivity contribution in [1.29, 1.82) is 0 Å². The highest BCUT2D eigenvalue weighted by atomic mass is 19.3. The van der Waals surface area contributed by atoms with E-state index in [-0.39, 0.29) is 28.6 Å². The predicted octanol–water partition coefficient (Wildman–Crippen LogP) is 4.16. The molecule has 0 spiro atoms. The standard InChI is InChI=1S/C21H18F2N4O3/c1-13-12-26-18(17(11-24-26)25-20(29)30)19(28)27(13)16-9-7-15(8-10-16)21(22,23)14-5-3-2-4-6-14/h2-11,13,25H,12H2,1H3,(H,29,30)/t13-/m0/s1. The van der Waals surface area contributed by atoms with Crippen molar-refractivity contribution >= 4 is 23.4 Å². The van der Waals surface area contributed by atoms with E-state index in [2.05, 4.69) is 10.4 Å². The van der Waals surface area contributed by atoms with Crippen molar-refractivity contribution in [2.45, 2.75) is 25.4 Å². The van der Waals surface area contributed by atoms with Crippen LogP contribution < -0.4 is 10.2 Å². The number of halogens is 2. The maximum atomic E-state index is 14.8. The number of hydrogen-bond donors (Lipinski definition) is 2. The van der Waals surface area contributed by atoms with Crippen LogP contribution in [0.15, 0.2) is 60.8 Å². The van der Waals surface area contributed by atoms with E-state index in [1.807, 2.05) is 0 Å². The number of carbonyl (C=O) groups excluding carboxylic acids is 1. The molecule has 0 unspecified atom stereocenters. The highest BCUT2D eigenvalue weighted by molar-refractivity contribution is 6.10. The molecule has 1 aliphatic rings. The van der Waals surface area contributed by atoms with Gasteiger partial charge in [0.25, 0.3) is 11.8 Å². The number of carboxylic acid groups (broad SMARTS) is 1. The second-order valence-corrected chi connectivity index (χ2v) is 7.03. The van der Waals surface area contributed by atoms with E-state index in [1.54, 1.807) is 25.1 Å². The molecule has 30 heavy (non-hydrogen) atoms. The van der Waals surface area contributed by atoms with Crippen molar-refractivity contribution in [2.24, 2.45) is 0 Å². The molecule has 7 nitrogen and oxygen atoms in total. The summed E-state index contributed by atoms with van der Waals surface area (Å²) in [5.41, 5.74) is 0.320. The Kier molecular flexibility index (Phi) is 4.73. The Labute approximate surface area is 170 Å². The highest BCUT2D eigenvalue weighted by Gasteiger charge is 2.36. The van der Waals surface area contributed by atoms with Crippen molar-refractivity contribution in [3.05, 3.63) is 77.6 Å². The van der Waals surface area contributed by atoms with Crippen molar-refractivity contribution < 1.29 is 23.5 Å². The largest absolute Gasteiger partial charge is 0.465 e. The maximum Gasteiger partial charge on any atom is 0.409 e. The van der Waals surface area contributed by atoms with E-state index in [4.69, 9.17) is 5.11 Å². The molecule has 9 heteroatoms. The summed E-state index contributed by atoms with van der Waals surface area (Å²) in [5.74, 6) is -3.63. The number of benzene rings is 2. The van der Waals surface area contributed by atoms with Crippen LogP contribution in [0.4, 0.5) is 25.0 Å². The molecule has 2 amide bonds. The third-order valence-corrected chi connectivity index (χ3v) is 5.02. The van der Waals surface area contributed by atoms with Gasteiger partial charge in [-0.1, -0.05) is 42.5 Å². The number of carbonyl (C=O) groups is 2. The monoisotopic (exact) mass is 412 g/mol. The van der Waals surface area contributed by atoms with Gasteiger partial charge in [-0.2, -0.15) is 13.9 Å². The lowest BCUT2D eigenvalue weighted by molar-refractivity contribution is 0.0428. The average Bonchev–Trinajstić information content (AvgIpc) is 3.11. The number of rotatable bonds is 4. The topological polar surface area (TPSA) is 87.5 Å². The zero-order chi connectivity index (χ0) is 21.5. The first-order chi connectivity index (χ1) is 14.3. The zero-order valence-corrected chi connectivity index (χ0v) is 15.9. The second kappa shape index (κ2) is 7.25. The Morgan fingerprint density at radius 3 is 2.40 bits per heavy atom. The lowest BCUT2D eigenvalue weighted by Crippen LogP contribution is -2.47. The van der Waals surface area contributed by atoms with E-state index in [1.165, 1.54) is 52.2 Å². The molecule has 0 aliphatic carbocycles. The van der Waals surface area contributed by atoms with Crippen LogP contribution in [-0.4, -0.2) is 32.9 Å². The van der Waals surface area contributed by atoms with Gasteiger partial charge in [0.15, 0.2) is 5.69 Å². The quantitative estimate of drug-likeness (QED) is 0.674. The minimum absolute atomic E-state index is 0.0802. The summed E-state index contributed by atoms with van der Waals surface area (Å²) in [6, 6.07) is 12.7. The van der Waals surface area contributed by atoms with Gasteiger partial charge in [-0.3, -0.25) is 14.8 Å². The number of hydrogen-bond acceptors (Lipinski definition) is 3. The fraction of sp³-hybridized carbons (Fsp3) is 0.190. The first-order valence-corrected chi connectivity index (χ1v) is 9.22. The van der Waals surface area contributed by atoms with Crippen LogP contribution >= 0.6 is 0 Å². The van der Waals surface area contributed by atoms with Gasteiger partial charge in [0.1, 0.15) is 0 Å². The second-order valence-electron chi connectivity index (χ2n) is 7.03. The van der Waals surface area contributed by atoms with Crippen molar-refractivity contribution in [1.82, 2.24) is 9.78 Å². The van der Waals surface area contributed by atoms with Gasteiger partial charge in [0.05, 0.1) is 24.5 Å². The summed E-state index contributed by atoms with van der Waals surface area (Å²) in [7, 11) is 0. The third kappa shape index (κ3) is 3.28. The lowest BCUT2D eigenvalue weighted by atomic mass is 9.99. The van der Waals surface area contributed by atoms with Gasteiger partial charge in [-0.25, -0.2) is 4.79 Å². The van der Waals surface area contributed by atoms with Crippen LogP contribution in [0, 0.1) is 0 Å². The summed E-state index contributed by atoms with van der Waals surface area (Å²) in [6.45, 7) is 2.14. The first kappa shape index (κ1) is 19.6. The van der Waals surface area contributed by atoms with Crippen LogP contribution in [0.1, 0.15) is 28.5 Å². The minimum Gasteiger partial charge on any atom is -0.465 e. The normalized spacial score (nSPS) is 16.3. The van der Waals surface area contributed by atoms with E-state index < -0.39 is 17.9 Å². The van der Waals surface area contributed by atoms with Crippen LogP contribution in [-0.2, 0) is 12.5 Å². The van der Waals surface area contributed by atoms with E-state index >= 15 is 0 Å². The number of fused-ring (bicyclic) bond motifs is 1. The Morgan fingerprint density at radius 1 is 1.13 bits per heavy atom. The van der Waals surface area contributed by atoms with E-state index in [0.29, 0.717) is 12.2 Å². The molecule has 1 atom stereocenters. The molecule has 2 heterocycles. The van der Waals surface area contributed by atoms with Crippen molar-refractivity contribution in [3.63, 3.8) is 0 Å². The van der Waals surface area contributed by atoms with Gasteiger partial charge in [0, 0.05) is 16.8 Å². The maximum absolute atomic E-state index is 14.8. The fourth-order valence-corrected chi connectivity index (χ4v) is 3.62. The van der Waals surface area contributed by atoms with Crippen LogP contribution in [0.2, 0.25) is 0 Å². The molecule has 0 saturated heterocycles. The molecular formula is C21H18F2N4O3. The van der Waals surface area contributed by atoms with Gasteiger partial charge >= 0.3 is 6.09 Å². The average molecular weight is 412 g/mol. The van der Waals surface area contributed by atoms with Gasteiger partial charge in [0.2, 0.25) is 0 Å². The Bertz CT molecular complexity index is 1100. The molecule has 0 fully saturated rings. The minimum atomic E-state index is -3.17. The Balaban J connectivity index is 1.65. The smallest absolute Gasteiger partial charge is 0.409 e. The van der Waals surface area contributed by atoms with E-state index in [0.717, 1.165) is 0 Å².